The Balaban J connectivity index is 2.64. The summed E-state index contributed by atoms with van der Waals surface area (Å²) >= 11 is 0. The van der Waals surface area contributed by atoms with Crippen LogP contribution in [0.15, 0.2) is 6.20 Å². The minimum atomic E-state index is 0.262. The third-order valence-corrected chi connectivity index (χ3v) is 1.64. The summed E-state index contributed by atoms with van der Waals surface area (Å²) in [6.45, 7) is 2.35. The van der Waals surface area contributed by atoms with Gasteiger partial charge in [-0.15, -0.1) is 5.10 Å². The van der Waals surface area contributed by atoms with Crippen molar-refractivity contribution in [2.75, 3.05) is 18.1 Å². The smallest absolute Gasteiger partial charge is 0.226 e. The lowest BCUT2D eigenvalue weighted by atomic mass is 10.6. The molecule has 0 atom stereocenters. The highest BCUT2D eigenvalue weighted by Crippen LogP contribution is 2.14. The average Bonchev–Trinajstić information content (AvgIpc) is 2.58. The fraction of sp³-hybridized carbons (Fsp3) is 0.333. The maximum Gasteiger partial charge on any atom is 0.226 e. The molecule has 0 bridgehead atoms. The SMILES string of the molecule is CCOn1ncc2c(N)nc(N)n21. The Morgan fingerprint density at radius 2 is 2.31 bits per heavy atom. The Hall–Kier alpha value is -1.92. The number of aromatic nitrogens is 4. The molecule has 2 heterocycles. The molecule has 0 fully saturated rings. The van der Waals surface area contributed by atoms with Gasteiger partial charge in [0.05, 0.1) is 6.20 Å². The summed E-state index contributed by atoms with van der Waals surface area (Å²) in [6, 6.07) is 0. The van der Waals surface area contributed by atoms with Crippen LogP contribution in [-0.4, -0.2) is 26.2 Å². The molecule has 2 rings (SSSR count). The number of imidazole rings is 1. The van der Waals surface area contributed by atoms with Gasteiger partial charge in [0.1, 0.15) is 12.1 Å². The Morgan fingerprint density at radius 3 is 3.00 bits per heavy atom. The molecule has 0 radical (unpaired) electrons. The largest absolute Gasteiger partial charge is 0.383 e. The Labute approximate surface area is 73.8 Å². The molecule has 2 aromatic heterocycles. The Kier molecular flexibility index (Phi) is 1.51. The zero-order valence-corrected chi connectivity index (χ0v) is 7.14. The van der Waals surface area contributed by atoms with Crippen LogP contribution in [0.2, 0.25) is 0 Å². The van der Waals surface area contributed by atoms with Crippen molar-refractivity contribution in [3.8, 4) is 0 Å². The average molecular weight is 182 g/mol. The second-order valence-corrected chi connectivity index (χ2v) is 2.47. The molecule has 2 aromatic rings. The number of hydrogen-bond acceptors (Lipinski definition) is 5. The van der Waals surface area contributed by atoms with Gasteiger partial charge in [0.2, 0.25) is 5.95 Å². The fourth-order valence-corrected chi connectivity index (χ4v) is 1.12. The molecular weight excluding hydrogens is 172 g/mol. The molecule has 0 unspecified atom stereocenters. The molecule has 7 heteroatoms. The monoisotopic (exact) mass is 182 g/mol. The number of nitrogens with zero attached hydrogens (tertiary/aromatic N) is 4. The Morgan fingerprint density at radius 1 is 1.54 bits per heavy atom. The predicted octanol–water partition coefficient (Wildman–Crippen LogP) is -0.856. The van der Waals surface area contributed by atoms with E-state index in [1.807, 2.05) is 6.92 Å². The van der Waals surface area contributed by atoms with E-state index < -0.39 is 0 Å². The van der Waals surface area contributed by atoms with Crippen molar-refractivity contribution in [3.63, 3.8) is 0 Å². The molecule has 0 aliphatic heterocycles. The summed E-state index contributed by atoms with van der Waals surface area (Å²) in [5.74, 6) is 0.613. The van der Waals surface area contributed by atoms with Crippen LogP contribution < -0.4 is 16.3 Å². The standard InChI is InChI=1S/C6H10N6O/c1-2-13-12-9-3-4-5(7)10-6(8)11(4)12/h3H,2,7H2,1H3,(H2,8,10). The number of rotatable bonds is 2. The molecule has 0 aliphatic rings. The van der Waals surface area contributed by atoms with Crippen molar-refractivity contribution in [3.05, 3.63) is 6.20 Å². The van der Waals surface area contributed by atoms with Crippen molar-refractivity contribution >= 4 is 17.3 Å². The van der Waals surface area contributed by atoms with Crippen LogP contribution in [0.5, 0.6) is 0 Å². The summed E-state index contributed by atoms with van der Waals surface area (Å²) < 4.78 is 1.50. The highest BCUT2D eigenvalue weighted by molar-refractivity contribution is 5.67. The third kappa shape index (κ3) is 0.968. The van der Waals surface area contributed by atoms with Crippen molar-refractivity contribution in [1.29, 1.82) is 0 Å². The molecule has 0 amide bonds. The number of nitrogen functional groups attached to an aromatic ring is 2. The molecule has 70 valence electrons. The molecule has 4 N–H and O–H groups in total. The molecule has 13 heavy (non-hydrogen) atoms. The van der Waals surface area contributed by atoms with Gasteiger partial charge in [0, 0.05) is 0 Å². The molecule has 0 spiro atoms. The summed E-state index contributed by atoms with van der Waals surface area (Å²) in [4.78, 5) is 10.3. The van der Waals surface area contributed by atoms with E-state index in [-0.39, 0.29) is 5.95 Å². The normalized spacial score (nSPS) is 10.8. The third-order valence-electron chi connectivity index (χ3n) is 1.64. The van der Waals surface area contributed by atoms with Crippen molar-refractivity contribution in [2.45, 2.75) is 6.92 Å². The highest BCUT2D eigenvalue weighted by Gasteiger charge is 2.11. The first-order chi connectivity index (χ1) is 6.24. The lowest BCUT2D eigenvalue weighted by Crippen LogP contribution is -2.18. The van der Waals surface area contributed by atoms with Crippen LogP contribution in [0.3, 0.4) is 0 Å². The summed E-state index contributed by atoms with van der Waals surface area (Å²) in [6.07, 6.45) is 1.55. The van der Waals surface area contributed by atoms with Crippen LogP contribution in [0.4, 0.5) is 11.8 Å². The first-order valence-electron chi connectivity index (χ1n) is 3.85. The molecule has 0 aromatic carbocycles. The molecule has 0 saturated carbocycles. The van der Waals surface area contributed by atoms with Gasteiger partial charge in [-0.2, -0.15) is 9.50 Å². The van der Waals surface area contributed by atoms with E-state index in [4.69, 9.17) is 16.3 Å². The van der Waals surface area contributed by atoms with E-state index in [9.17, 15) is 0 Å². The van der Waals surface area contributed by atoms with E-state index in [0.717, 1.165) is 0 Å². The maximum absolute atomic E-state index is 5.58. The van der Waals surface area contributed by atoms with Crippen LogP contribution in [-0.2, 0) is 0 Å². The molecular formula is C6H10N6O. The van der Waals surface area contributed by atoms with Gasteiger partial charge < -0.3 is 16.3 Å². The van der Waals surface area contributed by atoms with Gasteiger partial charge >= 0.3 is 0 Å². The maximum atomic E-state index is 5.58. The zero-order valence-electron chi connectivity index (χ0n) is 7.14. The number of nitrogens with two attached hydrogens (primary N) is 2. The number of anilines is 2. The van der Waals surface area contributed by atoms with Gasteiger partial charge in [0.25, 0.3) is 0 Å². The van der Waals surface area contributed by atoms with E-state index in [1.54, 1.807) is 6.20 Å². The summed E-state index contributed by atoms with van der Waals surface area (Å²) in [7, 11) is 0. The quantitative estimate of drug-likeness (QED) is 0.630. The fourth-order valence-electron chi connectivity index (χ4n) is 1.12. The van der Waals surface area contributed by atoms with Gasteiger partial charge in [-0.25, -0.2) is 0 Å². The highest BCUT2D eigenvalue weighted by atomic mass is 16.7. The second kappa shape index (κ2) is 2.54. The van der Waals surface area contributed by atoms with E-state index in [1.165, 1.54) is 9.48 Å². The van der Waals surface area contributed by atoms with E-state index in [2.05, 4.69) is 10.1 Å². The number of fused-ring (bicyclic) bond motifs is 1. The summed E-state index contributed by atoms with van der Waals surface area (Å²) in [5.41, 5.74) is 11.8. The minimum absolute atomic E-state index is 0.262. The van der Waals surface area contributed by atoms with E-state index >= 15 is 0 Å². The summed E-state index contributed by atoms with van der Waals surface area (Å²) in [5, 5.41) is 3.92. The van der Waals surface area contributed by atoms with Crippen LogP contribution >= 0.6 is 0 Å². The number of hydrogen-bond donors (Lipinski definition) is 2. The molecule has 0 aliphatic carbocycles. The predicted molar refractivity (Wildman–Crippen MR) is 46.9 cm³/mol. The van der Waals surface area contributed by atoms with Gasteiger partial charge in [-0.1, -0.05) is 0 Å². The van der Waals surface area contributed by atoms with Crippen LogP contribution in [0.1, 0.15) is 6.92 Å². The van der Waals surface area contributed by atoms with Gasteiger partial charge in [-0.3, -0.25) is 0 Å². The lowest BCUT2D eigenvalue weighted by Gasteiger charge is -2.02. The van der Waals surface area contributed by atoms with Gasteiger partial charge in [-0.05, 0) is 11.9 Å². The topological polar surface area (TPSA) is 96.4 Å². The Bertz CT molecular complexity index is 429. The lowest BCUT2D eigenvalue weighted by molar-refractivity contribution is 0.0547. The van der Waals surface area contributed by atoms with Crippen LogP contribution in [0, 0.1) is 0 Å². The van der Waals surface area contributed by atoms with Crippen LogP contribution in [0.25, 0.3) is 5.52 Å². The van der Waals surface area contributed by atoms with Crippen molar-refractivity contribution in [1.82, 2.24) is 19.6 Å². The first-order valence-corrected chi connectivity index (χ1v) is 3.85. The second-order valence-electron chi connectivity index (χ2n) is 2.47. The van der Waals surface area contributed by atoms with Crippen molar-refractivity contribution in [2.24, 2.45) is 0 Å². The van der Waals surface area contributed by atoms with E-state index in [0.29, 0.717) is 17.9 Å². The molecule has 0 saturated heterocycles. The first kappa shape index (κ1) is 7.71. The minimum Gasteiger partial charge on any atom is -0.383 e. The van der Waals surface area contributed by atoms with Crippen molar-refractivity contribution < 1.29 is 4.84 Å². The van der Waals surface area contributed by atoms with Gasteiger partial charge in [0.15, 0.2) is 5.82 Å². The zero-order chi connectivity index (χ0) is 9.42. The molecule has 7 nitrogen and oxygen atoms in total.